The molecule has 0 aromatic heterocycles. The Bertz CT molecular complexity index is 655. The summed E-state index contributed by atoms with van der Waals surface area (Å²) in [4.78, 5) is 16.6. The normalized spacial score (nSPS) is 14.8. The van der Waals surface area contributed by atoms with Crippen molar-refractivity contribution in [1.82, 2.24) is 10.2 Å². The number of benzene rings is 2. The van der Waals surface area contributed by atoms with Gasteiger partial charge in [0.25, 0.3) is 0 Å². The zero-order valence-corrected chi connectivity index (χ0v) is 15.1. The van der Waals surface area contributed by atoms with Crippen molar-refractivity contribution in [2.75, 3.05) is 44.2 Å². The summed E-state index contributed by atoms with van der Waals surface area (Å²) in [5, 5.41) is 2.83. The van der Waals surface area contributed by atoms with Gasteiger partial charge in [-0.2, -0.15) is 0 Å². The van der Waals surface area contributed by atoms with Gasteiger partial charge in [-0.25, -0.2) is 4.79 Å². The maximum absolute atomic E-state index is 11.7. The number of amides is 1. The van der Waals surface area contributed by atoms with Crippen LogP contribution in [0.5, 0.6) is 0 Å². The fourth-order valence-electron chi connectivity index (χ4n) is 3.14. The smallest absolute Gasteiger partial charge is 0.407 e. The van der Waals surface area contributed by atoms with E-state index in [1.165, 1.54) is 5.69 Å². The first-order valence-corrected chi connectivity index (χ1v) is 9.28. The summed E-state index contributed by atoms with van der Waals surface area (Å²) in [6.45, 7) is 6.19. The second-order valence-corrected chi connectivity index (χ2v) is 6.51. The first kappa shape index (κ1) is 18.3. The fourth-order valence-corrected chi connectivity index (χ4v) is 3.14. The number of alkyl carbamates (subject to hydrolysis) is 1. The zero-order valence-electron chi connectivity index (χ0n) is 15.1. The first-order chi connectivity index (χ1) is 12.8. The number of rotatable bonds is 7. The van der Waals surface area contributed by atoms with Crippen LogP contribution in [0.25, 0.3) is 0 Å². The fraction of sp³-hybridized carbons (Fsp3) is 0.381. The number of anilines is 1. The van der Waals surface area contributed by atoms with Gasteiger partial charge < -0.3 is 15.0 Å². The molecule has 0 radical (unpaired) electrons. The van der Waals surface area contributed by atoms with Gasteiger partial charge in [0, 0.05) is 38.4 Å². The number of ether oxygens (including phenoxy) is 1. The van der Waals surface area contributed by atoms with E-state index in [2.05, 4.69) is 45.4 Å². The third-order valence-electron chi connectivity index (χ3n) is 4.63. The summed E-state index contributed by atoms with van der Waals surface area (Å²) >= 11 is 0. The van der Waals surface area contributed by atoms with Gasteiger partial charge in [0.1, 0.15) is 6.61 Å². The predicted molar refractivity (Wildman–Crippen MR) is 104 cm³/mol. The lowest BCUT2D eigenvalue weighted by Gasteiger charge is -2.36. The van der Waals surface area contributed by atoms with Crippen LogP contribution >= 0.6 is 0 Å². The van der Waals surface area contributed by atoms with Gasteiger partial charge in [-0.05, 0) is 30.7 Å². The van der Waals surface area contributed by atoms with Crippen LogP contribution in [0, 0.1) is 0 Å². The van der Waals surface area contributed by atoms with Crippen molar-refractivity contribution >= 4 is 11.8 Å². The van der Waals surface area contributed by atoms with Crippen LogP contribution in [0.15, 0.2) is 60.7 Å². The highest BCUT2D eigenvalue weighted by molar-refractivity contribution is 5.67. The molecule has 0 atom stereocenters. The lowest BCUT2D eigenvalue weighted by molar-refractivity contribution is 0.139. The second kappa shape index (κ2) is 9.82. The molecule has 138 valence electrons. The molecule has 1 saturated heterocycles. The summed E-state index contributed by atoms with van der Waals surface area (Å²) in [6, 6.07) is 20.3. The summed E-state index contributed by atoms with van der Waals surface area (Å²) in [5.74, 6) is 0. The summed E-state index contributed by atoms with van der Waals surface area (Å²) < 4.78 is 5.21. The maximum atomic E-state index is 11.7. The maximum Gasteiger partial charge on any atom is 0.407 e. The van der Waals surface area contributed by atoms with E-state index in [4.69, 9.17) is 4.74 Å². The van der Waals surface area contributed by atoms with Crippen molar-refractivity contribution in [3.05, 3.63) is 66.2 Å². The van der Waals surface area contributed by atoms with Crippen LogP contribution < -0.4 is 10.2 Å². The van der Waals surface area contributed by atoms with E-state index in [9.17, 15) is 4.79 Å². The highest BCUT2D eigenvalue weighted by Crippen LogP contribution is 2.15. The van der Waals surface area contributed by atoms with Gasteiger partial charge in [-0.1, -0.05) is 48.5 Å². The van der Waals surface area contributed by atoms with E-state index in [1.807, 2.05) is 30.3 Å². The number of piperazine rings is 1. The van der Waals surface area contributed by atoms with E-state index < -0.39 is 0 Å². The first-order valence-electron chi connectivity index (χ1n) is 9.28. The minimum Gasteiger partial charge on any atom is -0.445 e. The molecule has 0 unspecified atom stereocenters. The van der Waals surface area contributed by atoms with Crippen LogP contribution in [0.2, 0.25) is 0 Å². The zero-order chi connectivity index (χ0) is 18.0. The lowest BCUT2D eigenvalue weighted by Crippen LogP contribution is -2.47. The minimum atomic E-state index is -0.345. The molecule has 1 N–H and O–H groups in total. The molecule has 1 aliphatic heterocycles. The highest BCUT2D eigenvalue weighted by atomic mass is 16.5. The molecule has 3 rings (SSSR count). The van der Waals surface area contributed by atoms with Crippen molar-refractivity contribution in [2.45, 2.75) is 13.0 Å². The Morgan fingerprint density at radius 2 is 1.58 bits per heavy atom. The van der Waals surface area contributed by atoms with E-state index in [-0.39, 0.29) is 6.09 Å². The van der Waals surface area contributed by atoms with Gasteiger partial charge in [-0.15, -0.1) is 0 Å². The third-order valence-corrected chi connectivity index (χ3v) is 4.63. The molecular formula is C21H27N3O2. The number of para-hydroxylation sites is 1. The number of hydrogen-bond acceptors (Lipinski definition) is 4. The average molecular weight is 353 g/mol. The number of hydrogen-bond donors (Lipinski definition) is 1. The average Bonchev–Trinajstić information content (AvgIpc) is 2.71. The number of nitrogens with one attached hydrogen (secondary N) is 1. The molecule has 1 amide bonds. The number of carbonyl (C=O) groups excluding carboxylic acids is 1. The SMILES string of the molecule is O=C(NCCCN1CCN(c2ccccc2)CC1)OCc1ccccc1. The molecule has 0 saturated carbocycles. The van der Waals surface area contributed by atoms with Crippen LogP contribution in [0.1, 0.15) is 12.0 Å². The molecule has 1 fully saturated rings. The quantitative estimate of drug-likeness (QED) is 0.777. The van der Waals surface area contributed by atoms with Crippen LogP contribution in [-0.4, -0.2) is 50.3 Å². The molecule has 26 heavy (non-hydrogen) atoms. The molecule has 0 aliphatic carbocycles. The van der Waals surface area contributed by atoms with Crippen molar-refractivity contribution in [3.8, 4) is 0 Å². The van der Waals surface area contributed by atoms with Gasteiger partial charge in [0.2, 0.25) is 0 Å². The largest absolute Gasteiger partial charge is 0.445 e. The summed E-state index contributed by atoms with van der Waals surface area (Å²) in [6.07, 6.45) is 0.592. The monoisotopic (exact) mass is 353 g/mol. The molecule has 2 aromatic rings. The van der Waals surface area contributed by atoms with Crippen molar-refractivity contribution in [3.63, 3.8) is 0 Å². The molecule has 2 aromatic carbocycles. The van der Waals surface area contributed by atoms with Gasteiger partial charge in [0.05, 0.1) is 0 Å². The van der Waals surface area contributed by atoms with E-state index in [0.717, 1.165) is 44.7 Å². The molecule has 0 bridgehead atoms. The van der Waals surface area contributed by atoms with Gasteiger partial charge >= 0.3 is 6.09 Å². The van der Waals surface area contributed by atoms with Gasteiger partial charge in [0.15, 0.2) is 0 Å². The lowest BCUT2D eigenvalue weighted by atomic mass is 10.2. The molecule has 5 heteroatoms. The second-order valence-electron chi connectivity index (χ2n) is 6.51. The minimum absolute atomic E-state index is 0.314. The Kier molecular flexibility index (Phi) is 6.90. The molecule has 1 heterocycles. The topological polar surface area (TPSA) is 44.8 Å². The van der Waals surface area contributed by atoms with E-state index >= 15 is 0 Å². The molecule has 5 nitrogen and oxygen atoms in total. The molecular weight excluding hydrogens is 326 g/mol. The standard InChI is InChI=1S/C21H27N3O2/c25-21(26-18-19-8-3-1-4-9-19)22-12-7-13-23-14-16-24(17-15-23)20-10-5-2-6-11-20/h1-6,8-11H,7,12-18H2,(H,22,25). The Labute approximate surface area is 155 Å². The van der Waals surface area contributed by atoms with Crippen molar-refractivity contribution < 1.29 is 9.53 Å². The predicted octanol–water partition coefficient (Wildman–Crippen LogP) is 3.13. The van der Waals surface area contributed by atoms with Gasteiger partial charge in [-0.3, -0.25) is 4.90 Å². The molecule has 1 aliphatic rings. The Balaban J connectivity index is 1.26. The van der Waals surface area contributed by atoms with E-state index in [0.29, 0.717) is 13.2 Å². The van der Waals surface area contributed by atoms with Crippen molar-refractivity contribution in [1.29, 1.82) is 0 Å². The third kappa shape index (κ3) is 5.77. The van der Waals surface area contributed by atoms with E-state index in [1.54, 1.807) is 0 Å². The number of nitrogens with zero attached hydrogens (tertiary/aromatic N) is 2. The molecule has 0 spiro atoms. The summed E-state index contributed by atoms with van der Waals surface area (Å²) in [5.41, 5.74) is 2.30. The summed E-state index contributed by atoms with van der Waals surface area (Å²) in [7, 11) is 0. The highest BCUT2D eigenvalue weighted by Gasteiger charge is 2.16. The Morgan fingerprint density at radius 1 is 0.923 bits per heavy atom. The Morgan fingerprint density at radius 3 is 2.27 bits per heavy atom. The van der Waals surface area contributed by atoms with Crippen molar-refractivity contribution in [2.24, 2.45) is 0 Å². The van der Waals surface area contributed by atoms with Crippen LogP contribution in [-0.2, 0) is 11.3 Å². The van der Waals surface area contributed by atoms with Crippen LogP contribution in [0.3, 0.4) is 0 Å². The van der Waals surface area contributed by atoms with Crippen LogP contribution in [0.4, 0.5) is 10.5 Å². The number of carbonyl (C=O) groups is 1. The Hall–Kier alpha value is -2.53.